The van der Waals surface area contributed by atoms with Gasteiger partial charge in [0.25, 0.3) is 17.8 Å². The lowest BCUT2D eigenvalue weighted by Crippen LogP contribution is -2.07. The Morgan fingerprint density at radius 3 is 0.634 bits per heavy atom. The summed E-state index contributed by atoms with van der Waals surface area (Å²) >= 11 is 73.2. The van der Waals surface area contributed by atoms with E-state index in [1.807, 2.05) is 0 Å². The van der Waals surface area contributed by atoms with Gasteiger partial charge in [0, 0.05) is 107 Å². The molecule has 0 saturated heterocycles. The lowest BCUT2D eigenvalue weighted by Gasteiger charge is -2.11. The Morgan fingerprint density at radius 1 is 0.187 bits per heavy atom. The molecule has 16 rings (SSSR count). The van der Waals surface area contributed by atoms with Crippen molar-refractivity contribution >= 4 is 139 Å². The average Bonchev–Trinajstić information content (AvgIpc) is 0.797. The van der Waals surface area contributed by atoms with Crippen molar-refractivity contribution in [1.29, 1.82) is 0 Å². The molecule has 0 spiro atoms. The third-order valence-electron chi connectivity index (χ3n) is 15.5. The van der Waals surface area contributed by atoms with E-state index in [0.29, 0.717) is 69.1 Å². The number of aromatic nitrogens is 24. The summed E-state index contributed by atoms with van der Waals surface area (Å²) in [5.41, 5.74) is -1.03. The minimum Gasteiger partial charge on any atom is -0.243 e. The summed E-state index contributed by atoms with van der Waals surface area (Å²) in [7, 11) is 0. The van der Waals surface area contributed by atoms with E-state index in [1.165, 1.54) is 37.2 Å². The fourth-order valence-corrected chi connectivity index (χ4v) is 11.8. The summed E-state index contributed by atoms with van der Waals surface area (Å²) in [6, 6.07) is 13.7. The number of nitrogens with zero attached hydrogens (tertiary/aromatic N) is 24. The van der Waals surface area contributed by atoms with Gasteiger partial charge in [0.1, 0.15) is 48.0 Å². The van der Waals surface area contributed by atoms with Crippen molar-refractivity contribution in [2.24, 2.45) is 0 Å². The van der Waals surface area contributed by atoms with Gasteiger partial charge in [-0.2, -0.15) is 39.5 Å². The molecule has 0 unspecified atom stereocenters. The molecular formula is C72H21Cl12F15N24. The summed E-state index contributed by atoms with van der Waals surface area (Å²) < 4.78 is 205. The van der Waals surface area contributed by atoms with Crippen molar-refractivity contribution in [3.63, 3.8) is 0 Å². The summed E-state index contributed by atoms with van der Waals surface area (Å²) in [6.07, 6.45) is 11.7. The largest absolute Gasteiger partial charge is 0.252 e. The van der Waals surface area contributed by atoms with Gasteiger partial charge in [-0.1, -0.05) is 139 Å². The monoisotopic (exact) mass is 1930 g/mol. The smallest absolute Gasteiger partial charge is 0.243 e. The Balaban J connectivity index is 0.000000141. The van der Waals surface area contributed by atoms with E-state index in [1.54, 1.807) is 36.4 Å². The Hall–Kier alpha value is -11.7. The maximum Gasteiger partial charge on any atom is 0.252 e. The highest BCUT2D eigenvalue weighted by Gasteiger charge is 2.28. The topological polar surface area (TPSA) is 309 Å². The molecule has 0 aliphatic rings. The average molecular weight is 1930 g/mol. The molecule has 0 fully saturated rings. The van der Waals surface area contributed by atoms with E-state index in [-0.39, 0.29) is 78.5 Å². The second kappa shape index (κ2) is 37.9. The standard InChI is InChI=1S/2C18H6Cl6N6.C18H3F9N6.C18H6F6N6/c19-10-1-7(4-25-13(10)22)16-28-17(8-2-11(20)14(23)26-5-8)30-18(29-16)9-3-12(21)15(24)27-6-9;19-10-7(1-4-25-13(10)22)16-28-17(8-2-5-26-14(23)11(8)20)30-18(29-16)9-3-6-27-15(24)12(9)21;19-4-1-7(28-13(25)10(4)22)16-31-17(8-2-5(20)11(23)14(26)29-8)33-18(32-16)9-3-6(21)12(24)15(27)30-9;19-10-7(1-4-25-13(10)22)16-28-17(8-2-5-26-14(23)11(8)20)30-18(29-16)9-3-6-27-15(24)12(9)21/h2*1-6H;1-3H;1-6H. The first-order chi connectivity index (χ1) is 58.6. The molecule has 16 heterocycles. The molecule has 0 atom stereocenters. The first-order valence-corrected chi connectivity index (χ1v) is 37.0. The molecule has 16 aromatic heterocycles. The van der Waals surface area contributed by atoms with Crippen molar-refractivity contribution in [3.05, 3.63) is 278 Å². The molecule has 0 radical (unpaired) electrons. The zero-order valence-corrected chi connectivity index (χ0v) is 67.6. The Labute approximate surface area is 734 Å². The predicted molar refractivity (Wildman–Crippen MR) is 418 cm³/mol. The second-order valence-electron chi connectivity index (χ2n) is 23.3. The van der Waals surface area contributed by atoms with E-state index in [4.69, 9.17) is 139 Å². The summed E-state index contributed by atoms with van der Waals surface area (Å²) in [5.74, 6) is -28.0. The van der Waals surface area contributed by atoms with Gasteiger partial charge in [-0.15, -0.1) is 0 Å². The third kappa shape index (κ3) is 19.8. The highest BCUT2D eigenvalue weighted by atomic mass is 35.5. The predicted octanol–water partition coefficient (Wildman–Crippen LogP) is 22.2. The molecule has 618 valence electrons. The molecule has 0 amide bonds. The number of hydrogen-bond donors (Lipinski definition) is 0. The maximum atomic E-state index is 14.2. The van der Waals surface area contributed by atoms with Gasteiger partial charge >= 0.3 is 0 Å². The van der Waals surface area contributed by atoms with Gasteiger partial charge < -0.3 is 0 Å². The van der Waals surface area contributed by atoms with Crippen molar-refractivity contribution in [2.45, 2.75) is 0 Å². The normalized spacial score (nSPS) is 11.0. The van der Waals surface area contributed by atoms with Gasteiger partial charge in [-0.3, -0.25) is 0 Å². The molecule has 51 heteroatoms. The fraction of sp³-hybridized carbons (Fsp3) is 0. The van der Waals surface area contributed by atoms with Gasteiger partial charge in [0.15, 0.2) is 105 Å². The van der Waals surface area contributed by atoms with Crippen LogP contribution in [0.5, 0.6) is 0 Å². The number of halogens is 27. The van der Waals surface area contributed by atoms with Gasteiger partial charge in [-0.25, -0.2) is 146 Å². The van der Waals surface area contributed by atoms with Crippen molar-refractivity contribution < 1.29 is 65.9 Å². The Morgan fingerprint density at radius 2 is 0.398 bits per heavy atom. The van der Waals surface area contributed by atoms with E-state index in [0.717, 1.165) is 36.8 Å². The van der Waals surface area contributed by atoms with Crippen LogP contribution in [0.2, 0.25) is 61.1 Å². The number of pyridine rings is 12. The van der Waals surface area contributed by atoms with Crippen molar-refractivity contribution in [2.75, 3.05) is 0 Å². The van der Waals surface area contributed by atoms with Gasteiger partial charge in [-0.05, 0) is 54.6 Å². The maximum absolute atomic E-state index is 14.2. The lowest BCUT2D eigenvalue weighted by atomic mass is 10.2. The molecule has 0 aromatic carbocycles. The van der Waals surface area contributed by atoms with Gasteiger partial charge in [0.05, 0.1) is 46.8 Å². The van der Waals surface area contributed by atoms with Crippen LogP contribution in [0, 0.1) is 88.0 Å². The zero-order chi connectivity index (χ0) is 88.3. The molecule has 16 aromatic rings. The molecule has 24 nitrogen and oxygen atoms in total. The first kappa shape index (κ1) is 89.0. The van der Waals surface area contributed by atoms with Crippen LogP contribution < -0.4 is 0 Å². The van der Waals surface area contributed by atoms with Crippen LogP contribution in [-0.4, -0.2) is 120 Å². The van der Waals surface area contributed by atoms with Crippen LogP contribution >= 0.6 is 139 Å². The minimum atomic E-state index is -1.94. The molecule has 123 heavy (non-hydrogen) atoms. The van der Waals surface area contributed by atoms with Gasteiger partial charge in [0.2, 0.25) is 35.3 Å². The van der Waals surface area contributed by atoms with E-state index >= 15 is 0 Å². The molecule has 0 N–H and O–H groups in total. The van der Waals surface area contributed by atoms with Crippen LogP contribution in [0.4, 0.5) is 65.9 Å². The zero-order valence-electron chi connectivity index (χ0n) is 58.6. The highest BCUT2D eigenvalue weighted by molar-refractivity contribution is 6.45. The molecule has 0 bridgehead atoms. The fourth-order valence-electron chi connectivity index (χ4n) is 9.88. The Bertz CT molecular complexity index is 5970. The number of hydrogen-bond acceptors (Lipinski definition) is 24. The molecule has 0 aliphatic heterocycles. The first-order valence-electron chi connectivity index (χ1n) is 32.5. The van der Waals surface area contributed by atoms with Crippen molar-refractivity contribution in [1.82, 2.24) is 120 Å². The van der Waals surface area contributed by atoms with Crippen LogP contribution in [0.3, 0.4) is 0 Å². The summed E-state index contributed by atoms with van der Waals surface area (Å²) in [5, 5.41) is 2.11. The van der Waals surface area contributed by atoms with Crippen molar-refractivity contribution in [3.8, 4) is 137 Å². The van der Waals surface area contributed by atoms with Crippen LogP contribution in [0.15, 0.2) is 129 Å². The quantitative estimate of drug-likeness (QED) is 0.0810. The highest BCUT2D eigenvalue weighted by Crippen LogP contribution is 2.40. The summed E-state index contributed by atoms with van der Waals surface area (Å²) in [6.45, 7) is 0. The molecular weight excluding hydrogens is 1910 g/mol. The molecule has 0 saturated carbocycles. The number of rotatable bonds is 12. The van der Waals surface area contributed by atoms with Crippen LogP contribution in [0.1, 0.15) is 0 Å². The summed E-state index contributed by atoms with van der Waals surface area (Å²) in [4.78, 5) is 92.0. The Kier molecular flexibility index (Phi) is 27.5. The van der Waals surface area contributed by atoms with Crippen LogP contribution in [0.25, 0.3) is 137 Å². The van der Waals surface area contributed by atoms with E-state index in [9.17, 15) is 65.9 Å². The van der Waals surface area contributed by atoms with Crippen LogP contribution in [-0.2, 0) is 0 Å². The second-order valence-corrected chi connectivity index (χ2v) is 27.8. The van der Waals surface area contributed by atoms with E-state index in [2.05, 4.69) is 120 Å². The lowest BCUT2D eigenvalue weighted by molar-refractivity contribution is 0.427. The minimum absolute atomic E-state index is 0.104. The SMILES string of the molecule is Clc1cc(-c2nc(-c3cnc(Cl)c(Cl)c3)nc(-c3cnc(Cl)c(Cl)c3)n2)cnc1Cl.Clc1nccc(-c2nc(-c3ccnc(Cl)c3Cl)nc(-c3ccnc(Cl)c3Cl)n2)c1Cl.Fc1cc(-c2nc(-c3cc(F)c(F)c(F)n3)nc(-c3cc(F)c(F)c(F)n3)n2)nc(F)c1F.Fc1nccc(-c2nc(-c3ccnc(F)c3F)nc(-c3ccnc(F)c3F)n2)c1F. The van der Waals surface area contributed by atoms with E-state index < -0.39 is 157 Å². The third-order valence-corrected chi connectivity index (χ3v) is 19.9. The molecule has 0 aliphatic carbocycles.